The van der Waals surface area contributed by atoms with Crippen molar-refractivity contribution in [1.82, 2.24) is 4.98 Å². The van der Waals surface area contributed by atoms with Gasteiger partial charge in [-0.1, -0.05) is 29.8 Å². The minimum Gasteiger partial charge on any atom is -0.490 e. The number of benzene rings is 2. The van der Waals surface area contributed by atoms with Crippen LogP contribution in [0.25, 0.3) is 0 Å². The number of amides is 1. The summed E-state index contributed by atoms with van der Waals surface area (Å²) >= 11 is 1.51. The lowest BCUT2D eigenvalue weighted by molar-refractivity contribution is -0.118. The fraction of sp³-hybridized carbons (Fsp3) is 0.238. The zero-order valence-electron chi connectivity index (χ0n) is 15.1. The van der Waals surface area contributed by atoms with Crippen molar-refractivity contribution in [1.29, 1.82) is 0 Å². The second-order valence-corrected chi connectivity index (χ2v) is 7.32. The number of carbonyl (C=O) groups excluding carboxylic acids is 1. The molecule has 1 amide bonds. The number of rotatable bonds is 5. The van der Waals surface area contributed by atoms with Gasteiger partial charge in [-0.2, -0.15) is 0 Å². The van der Waals surface area contributed by atoms with Crippen LogP contribution in [0.15, 0.2) is 53.9 Å². The number of anilines is 1. The minimum atomic E-state index is 0.0297. The van der Waals surface area contributed by atoms with E-state index in [0.29, 0.717) is 19.8 Å². The van der Waals surface area contributed by atoms with Crippen LogP contribution in [0.2, 0.25) is 0 Å². The maximum Gasteiger partial charge on any atom is 0.233 e. The molecule has 1 aliphatic rings. The topological polar surface area (TPSA) is 51.7 Å². The lowest BCUT2D eigenvalue weighted by Crippen LogP contribution is -2.38. The maximum atomic E-state index is 12.8. The van der Waals surface area contributed by atoms with Crippen molar-refractivity contribution in [2.75, 3.05) is 18.1 Å². The molecule has 138 valence electrons. The van der Waals surface area contributed by atoms with Crippen LogP contribution in [0.5, 0.6) is 11.5 Å². The summed E-state index contributed by atoms with van der Waals surface area (Å²) in [6, 6.07) is 15.5. The molecule has 2 heterocycles. The molecule has 4 rings (SSSR count). The summed E-state index contributed by atoms with van der Waals surface area (Å²) in [7, 11) is 0. The second kappa shape index (κ2) is 7.80. The number of fused-ring (bicyclic) bond motifs is 1. The van der Waals surface area contributed by atoms with Crippen LogP contribution in [0, 0.1) is 6.92 Å². The molecular formula is C21H20N2O3S. The van der Waals surface area contributed by atoms with Crippen LogP contribution in [0.1, 0.15) is 16.3 Å². The molecule has 6 heteroatoms. The average molecular weight is 380 g/mol. The van der Waals surface area contributed by atoms with E-state index in [1.54, 1.807) is 4.90 Å². The molecule has 27 heavy (non-hydrogen) atoms. The van der Waals surface area contributed by atoms with E-state index in [9.17, 15) is 4.79 Å². The number of hydrogen-bond acceptors (Lipinski definition) is 5. The van der Waals surface area contributed by atoms with E-state index < -0.39 is 0 Å². The van der Waals surface area contributed by atoms with Crippen LogP contribution in [0.4, 0.5) is 5.69 Å². The van der Waals surface area contributed by atoms with Crippen molar-refractivity contribution in [3.05, 3.63) is 70.2 Å². The fourth-order valence-corrected chi connectivity index (χ4v) is 3.66. The Labute approximate surface area is 162 Å². The molecule has 1 aliphatic heterocycles. The summed E-state index contributed by atoms with van der Waals surface area (Å²) in [5.41, 5.74) is 2.80. The Morgan fingerprint density at radius 1 is 1.22 bits per heavy atom. The number of hydrogen-bond donors (Lipinski definition) is 0. The standard InChI is InChI=1S/C21H20N2O3S/c1-15-6-8-17(9-7-15)26-13-20-22-16(14-27-20)12-21(24)23-10-11-25-19-5-3-2-4-18(19)23/h2-9,14H,10-13H2,1H3. The summed E-state index contributed by atoms with van der Waals surface area (Å²) in [4.78, 5) is 19.1. The molecule has 0 unspecified atom stereocenters. The number of carbonyl (C=O) groups is 1. The third kappa shape index (κ3) is 4.11. The monoisotopic (exact) mass is 380 g/mol. The molecule has 0 fully saturated rings. The van der Waals surface area contributed by atoms with Gasteiger partial charge in [0.15, 0.2) is 0 Å². The first kappa shape index (κ1) is 17.5. The van der Waals surface area contributed by atoms with E-state index in [-0.39, 0.29) is 12.3 Å². The second-order valence-electron chi connectivity index (χ2n) is 6.37. The number of nitrogens with zero attached hydrogens (tertiary/aromatic N) is 2. The van der Waals surface area contributed by atoms with Crippen LogP contribution >= 0.6 is 11.3 Å². The zero-order chi connectivity index (χ0) is 18.6. The normalized spacial score (nSPS) is 13.0. The first-order chi connectivity index (χ1) is 13.2. The molecule has 0 spiro atoms. The highest BCUT2D eigenvalue weighted by Crippen LogP contribution is 2.31. The van der Waals surface area contributed by atoms with Gasteiger partial charge in [0.05, 0.1) is 24.3 Å². The third-order valence-corrected chi connectivity index (χ3v) is 5.22. The fourth-order valence-electron chi connectivity index (χ4n) is 2.95. The van der Waals surface area contributed by atoms with Gasteiger partial charge in [0, 0.05) is 5.38 Å². The highest BCUT2D eigenvalue weighted by molar-refractivity contribution is 7.09. The quantitative estimate of drug-likeness (QED) is 0.671. The van der Waals surface area contributed by atoms with Crippen molar-refractivity contribution in [3.8, 4) is 11.5 Å². The Balaban J connectivity index is 1.38. The van der Waals surface area contributed by atoms with Crippen LogP contribution in [-0.2, 0) is 17.8 Å². The van der Waals surface area contributed by atoms with Gasteiger partial charge in [-0.05, 0) is 31.2 Å². The summed E-state index contributed by atoms with van der Waals surface area (Å²) in [6.07, 6.45) is 0.273. The summed E-state index contributed by atoms with van der Waals surface area (Å²) in [5, 5.41) is 2.79. The Morgan fingerprint density at radius 3 is 2.89 bits per heavy atom. The number of aryl methyl sites for hydroxylation is 1. The van der Waals surface area contributed by atoms with Gasteiger partial charge in [-0.3, -0.25) is 4.79 Å². The van der Waals surface area contributed by atoms with Gasteiger partial charge in [-0.15, -0.1) is 11.3 Å². The van der Waals surface area contributed by atoms with Gasteiger partial charge in [0.2, 0.25) is 5.91 Å². The first-order valence-electron chi connectivity index (χ1n) is 8.84. The molecular weight excluding hydrogens is 360 g/mol. The van der Waals surface area contributed by atoms with E-state index in [1.165, 1.54) is 16.9 Å². The molecule has 0 atom stereocenters. The van der Waals surface area contributed by atoms with Crippen LogP contribution in [-0.4, -0.2) is 24.0 Å². The lowest BCUT2D eigenvalue weighted by atomic mass is 10.2. The summed E-state index contributed by atoms with van der Waals surface area (Å²) in [6.45, 7) is 3.52. The molecule has 0 saturated carbocycles. The maximum absolute atomic E-state index is 12.8. The van der Waals surface area contributed by atoms with Crippen molar-refractivity contribution in [2.24, 2.45) is 0 Å². The number of ether oxygens (including phenoxy) is 2. The molecule has 0 N–H and O–H groups in total. The van der Waals surface area contributed by atoms with E-state index >= 15 is 0 Å². The minimum absolute atomic E-state index is 0.0297. The predicted molar refractivity (Wildman–Crippen MR) is 106 cm³/mol. The molecule has 5 nitrogen and oxygen atoms in total. The molecule has 0 bridgehead atoms. The van der Waals surface area contributed by atoms with Gasteiger partial charge in [-0.25, -0.2) is 4.98 Å². The van der Waals surface area contributed by atoms with Crippen molar-refractivity contribution in [2.45, 2.75) is 20.0 Å². The zero-order valence-corrected chi connectivity index (χ0v) is 15.9. The Morgan fingerprint density at radius 2 is 2.04 bits per heavy atom. The SMILES string of the molecule is Cc1ccc(OCc2nc(CC(=O)N3CCOc4ccccc43)cs2)cc1. The lowest BCUT2D eigenvalue weighted by Gasteiger charge is -2.29. The van der Waals surface area contributed by atoms with Crippen molar-refractivity contribution >= 4 is 22.9 Å². The van der Waals surface area contributed by atoms with E-state index in [2.05, 4.69) is 4.98 Å². The highest BCUT2D eigenvalue weighted by atomic mass is 32.1. The number of thiazole rings is 1. The van der Waals surface area contributed by atoms with Gasteiger partial charge < -0.3 is 14.4 Å². The molecule has 0 radical (unpaired) electrons. The predicted octanol–water partition coefficient (Wildman–Crippen LogP) is 4.00. The van der Waals surface area contributed by atoms with E-state index in [4.69, 9.17) is 9.47 Å². The summed E-state index contributed by atoms with van der Waals surface area (Å²) in [5.74, 6) is 1.60. The first-order valence-corrected chi connectivity index (χ1v) is 9.72. The van der Waals surface area contributed by atoms with Crippen molar-refractivity contribution in [3.63, 3.8) is 0 Å². The van der Waals surface area contributed by atoms with E-state index in [0.717, 1.165) is 27.9 Å². The molecule has 0 saturated heterocycles. The van der Waals surface area contributed by atoms with Gasteiger partial charge in [0.1, 0.15) is 29.7 Å². The number of aromatic nitrogens is 1. The third-order valence-electron chi connectivity index (χ3n) is 4.34. The van der Waals surface area contributed by atoms with Gasteiger partial charge in [0.25, 0.3) is 0 Å². The van der Waals surface area contributed by atoms with Crippen LogP contribution < -0.4 is 14.4 Å². The number of para-hydroxylation sites is 2. The van der Waals surface area contributed by atoms with Gasteiger partial charge >= 0.3 is 0 Å². The smallest absolute Gasteiger partial charge is 0.233 e. The Kier molecular flexibility index (Phi) is 5.07. The Hall–Kier alpha value is -2.86. The Bertz CT molecular complexity index is 937. The largest absolute Gasteiger partial charge is 0.490 e. The average Bonchev–Trinajstić information content (AvgIpc) is 3.14. The molecule has 2 aromatic carbocycles. The summed E-state index contributed by atoms with van der Waals surface area (Å²) < 4.78 is 11.4. The van der Waals surface area contributed by atoms with E-state index in [1.807, 2.05) is 60.8 Å². The molecule has 1 aromatic heterocycles. The molecule has 0 aliphatic carbocycles. The highest BCUT2D eigenvalue weighted by Gasteiger charge is 2.23. The molecule has 3 aromatic rings. The van der Waals surface area contributed by atoms with Crippen molar-refractivity contribution < 1.29 is 14.3 Å². The van der Waals surface area contributed by atoms with Crippen LogP contribution in [0.3, 0.4) is 0 Å².